The van der Waals surface area contributed by atoms with Crippen LogP contribution in [0.3, 0.4) is 0 Å². The summed E-state index contributed by atoms with van der Waals surface area (Å²) in [4.78, 5) is 10.9. The molecule has 0 fully saturated rings. The van der Waals surface area contributed by atoms with Gasteiger partial charge in [-0.25, -0.2) is 0 Å². The number of esters is 1. The second-order valence-corrected chi connectivity index (χ2v) is 2.63. The van der Waals surface area contributed by atoms with Crippen molar-refractivity contribution in [2.75, 3.05) is 7.11 Å². The van der Waals surface area contributed by atoms with Crippen LogP contribution in [0.1, 0.15) is 26.7 Å². The van der Waals surface area contributed by atoms with Crippen molar-refractivity contribution in [1.29, 1.82) is 0 Å². The van der Waals surface area contributed by atoms with Crippen molar-refractivity contribution in [2.24, 2.45) is 11.7 Å². The van der Waals surface area contributed by atoms with Crippen LogP contribution in [0.25, 0.3) is 0 Å². The van der Waals surface area contributed by atoms with E-state index in [4.69, 9.17) is 5.73 Å². The van der Waals surface area contributed by atoms with Gasteiger partial charge in [-0.1, -0.05) is 26.7 Å². The van der Waals surface area contributed by atoms with Gasteiger partial charge in [-0.2, -0.15) is 0 Å². The Morgan fingerprint density at radius 1 is 1.42 bits per heavy atom. The molecule has 12 heavy (non-hydrogen) atoms. The van der Waals surface area contributed by atoms with Gasteiger partial charge in [0.25, 0.3) is 0 Å². The third kappa shape index (κ3) is 3.93. The Labute approximate surface area is 80.1 Å². The van der Waals surface area contributed by atoms with Gasteiger partial charge in [-0.05, 0) is 5.92 Å². The van der Waals surface area contributed by atoms with Crippen molar-refractivity contribution in [3.8, 4) is 0 Å². The standard InChI is InChI=1S/C8H17NO2.ClH/c1-4-6(5-2)7(9)8(10)11-3;/h6-7H,4-5,9H2,1-3H3;1H. The maximum Gasteiger partial charge on any atom is 0.322 e. The molecule has 0 aliphatic rings. The fraction of sp³-hybridized carbons (Fsp3) is 0.875. The molecule has 0 bridgehead atoms. The predicted molar refractivity (Wildman–Crippen MR) is 51.3 cm³/mol. The van der Waals surface area contributed by atoms with E-state index in [1.165, 1.54) is 7.11 Å². The van der Waals surface area contributed by atoms with Crippen LogP contribution in [0.15, 0.2) is 0 Å². The molecule has 1 atom stereocenters. The van der Waals surface area contributed by atoms with Gasteiger partial charge in [-0.15, -0.1) is 12.4 Å². The topological polar surface area (TPSA) is 52.3 Å². The summed E-state index contributed by atoms with van der Waals surface area (Å²) in [5.41, 5.74) is 5.62. The molecule has 0 spiro atoms. The molecule has 0 rings (SSSR count). The van der Waals surface area contributed by atoms with E-state index < -0.39 is 6.04 Å². The molecule has 3 nitrogen and oxygen atoms in total. The van der Waals surface area contributed by atoms with Gasteiger partial charge in [-0.3, -0.25) is 4.79 Å². The molecule has 0 saturated carbocycles. The van der Waals surface area contributed by atoms with E-state index in [-0.39, 0.29) is 24.3 Å². The van der Waals surface area contributed by atoms with Gasteiger partial charge in [0.15, 0.2) is 0 Å². The number of hydrogen-bond donors (Lipinski definition) is 1. The molecule has 0 aromatic heterocycles. The highest BCUT2D eigenvalue weighted by Gasteiger charge is 2.21. The number of rotatable bonds is 4. The zero-order chi connectivity index (χ0) is 8.85. The van der Waals surface area contributed by atoms with Crippen LogP contribution in [-0.2, 0) is 9.53 Å². The van der Waals surface area contributed by atoms with Gasteiger partial charge in [0.2, 0.25) is 0 Å². The summed E-state index contributed by atoms with van der Waals surface area (Å²) in [7, 11) is 1.37. The summed E-state index contributed by atoms with van der Waals surface area (Å²) in [5, 5.41) is 0. The molecule has 0 amide bonds. The number of carbonyl (C=O) groups excluding carboxylic acids is 1. The van der Waals surface area contributed by atoms with Gasteiger partial charge < -0.3 is 10.5 Å². The van der Waals surface area contributed by atoms with E-state index in [0.29, 0.717) is 0 Å². The molecule has 4 heteroatoms. The van der Waals surface area contributed by atoms with Gasteiger partial charge in [0.05, 0.1) is 7.11 Å². The van der Waals surface area contributed by atoms with Crippen molar-refractivity contribution in [3.63, 3.8) is 0 Å². The summed E-state index contributed by atoms with van der Waals surface area (Å²) in [6, 6.07) is -0.449. The molecule has 0 aliphatic carbocycles. The van der Waals surface area contributed by atoms with Crippen molar-refractivity contribution in [3.05, 3.63) is 0 Å². The SMILES string of the molecule is CCC(CC)C(N)C(=O)OC.Cl. The Kier molecular flexibility index (Phi) is 8.76. The second kappa shape index (κ2) is 7.37. The van der Waals surface area contributed by atoms with E-state index >= 15 is 0 Å². The fourth-order valence-corrected chi connectivity index (χ4v) is 1.13. The summed E-state index contributed by atoms with van der Waals surface area (Å²) >= 11 is 0. The van der Waals surface area contributed by atoms with Crippen LogP contribution in [-0.4, -0.2) is 19.1 Å². The minimum absolute atomic E-state index is 0. The Morgan fingerprint density at radius 3 is 2.08 bits per heavy atom. The monoisotopic (exact) mass is 195 g/mol. The molecule has 0 aromatic rings. The third-order valence-electron chi connectivity index (χ3n) is 2.03. The highest BCUT2D eigenvalue weighted by molar-refractivity contribution is 5.85. The first-order valence-electron chi connectivity index (χ1n) is 4.00. The molecule has 0 aromatic carbocycles. The number of carbonyl (C=O) groups is 1. The number of nitrogens with two attached hydrogens (primary N) is 1. The number of halogens is 1. The van der Waals surface area contributed by atoms with Crippen molar-refractivity contribution in [1.82, 2.24) is 0 Å². The Balaban J connectivity index is 0. The Bertz CT molecular complexity index is 126. The van der Waals surface area contributed by atoms with E-state index in [2.05, 4.69) is 4.74 Å². The lowest BCUT2D eigenvalue weighted by molar-refractivity contribution is -0.143. The quantitative estimate of drug-likeness (QED) is 0.689. The fourth-order valence-electron chi connectivity index (χ4n) is 1.13. The predicted octanol–water partition coefficient (Wildman–Crippen LogP) is 1.34. The van der Waals surface area contributed by atoms with Gasteiger partial charge >= 0.3 is 5.97 Å². The number of hydrogen-bond acceptors (Lipinski definition) is 3. The minimum Gasteiger partial charge on any atom is -0.468 e. The van der Waals surface area contributed by atoms with Crippen LogP contribution in [0.4, 0.5) is 0 Å². The van der Waals surface area contributed by atoms with E-state index in [0.717, 1.165) is 12.8 Å². The average Bonchev–Trinajstić information content (AvgIpc) is 2.05. The maximum absolute atomic E-state index is 10.9. The van der Waals surface area contributed by atoms with Crippen molar-refractivity contribution < 1.29 is 9.53 Å². The van der Waals surface area contributed by atoms with Crippen molar-refractivity contribution >= 4 is 18.4 Å². The molecule has 2 N–H and O–H groups in total. The lowest BCUT2D eigenvalue weighted by atomic mass is 9.95. The van der Waals surface area contributed by atoms with E-state index in [1.807, 2.05) is 13.8 Å². The summed E-state index contributed by atoms with van der Waals surface area (Å²) in [6.07, 6.45) is 1.85. The van der Waals surface area contributed by atoms with Crippen molar-refractivity contribution in [2.45, 2.75) is 32.7 Å². The van der Waals surface area contributed by atoms with Gasteiger partial charge in [0, 0.05) is 0 Å². The third-order valence-corrected chi connectivity index (χ3v) is 2.03. The first-order chi connectivity index (χ1) is 5.17. The lowest BCUT2D eigenvalue weighted by Gasteiger charge is -2.17. The maximum atomic E-state index is 10.9. The lowest BCUT2D eigenvalue weighted by Crippen LogP contribution is -2.38. The highest BCUT2D eigenvalue weighted by atomic mass is 35.5. The number of methoxy groups -OCH3 is 1. The molecule has 1 unspecified atom stereocenters. The molecule has 0 saturated heterocycles. The van der Waals surface area contributed by atoms with Crippen LogP contribution >= 0.6 is 12.4 Å². The summed E-state index contributed by atoms with van der Waals surface area (Å²) < 4.78 is 4.53. The zero-order valence-corrected chi connectivity index (χ0v) is 8.69. The van der Waals surface area contributed by atoms with E-state index in [1.54, 1.807) is 0 Å². The minimum atomic E-state index is -0.449. The molecular weight excluding hydrogens is 178 g/mol. The molecule has 0 heterocycles. The highest BCUT2D eigenvalue weighted by Crippen LogP contribution is 2.11. The molecule has 0 aliphatic heterocycles. The first kappa shape index (κ1) is 14.3. The number of ether oxygens (including phenoxy) is 1. The second-order valence-electron chi connectivity index (χ2n) is 2.63. The first-order valence-corrected chi connectivity index (χ1v) is 4.00. The normalized spacial score (nSPS) is 12.1. The van der Waals surface area contributed by atoms with Crippen LogP contribution in [0.5, 0.6) is 0 Å². The van der Waals surface area contributed by atoms with Crippen LogP contribution < -0.4 is 5.73 Å². The van der Waals surface area contributed by atoms with Crippen LogP contribution in [0, 0.1) is 5.92 Å². The van der Waals surface area contributed by atoms with Crippen LogP contribution in [0.2, 0.25) is 0 Å². The molecule has 74 valence electrons. The summed E-state index contributed by atoms with van der Waals surface area (Å²) in [5.74, 6) is -0.0545. The average molecular weight is 196 g/mol. The molecule has 0 radical (unpaired) electrons. The zero-order valence-electron chi connectivity index (χ0n) is 7.87. The largest absolute Gasteiger partial charge is 0.468 e. The Hall–Kier alpha value is -0.280. The Morgan fingerprint density at radius 2 is 1.83 bits per heavy atom. The molecular formula is C8H18ClNO2. The smallest absolute Gasteiger partial charge is 0.322 e. The summed E-state index contributed by atoms with van der Waals surface area (Å²) in [6.45, 7) is 4.05. The van der Waals surface area contributed by atoms with E-state index in [9.17, 15) is 4.79 Å². The van der Waals surface area contributed by atoms with Gasteiger partial charge in [0.1, 0.15) is 6.04 Å².